The van der Waals surface area contributed by atoms with Crippen molar-refractivity contribution in [2.45, 2.75) is 44.7 Å². The SMILES string of the molecule is CC(C)[C@H](NC(=O)OCC1c2ccccc2-c2ccccc21)C(=O)N(CC(=O)O)C1CC1. The van der Waals surface area contributed by atoms with Crippen LogP contribution in [0.4, 0.5) is 4.79 Å². The number of hydrogen-bond donors (Lipinski definition) is 2. The average molecular weight is 437 g/mol. The second-order valence-corrected chi connectivity index (χ2v) is 8.78. The summed E-state index contributed by atoms with van der Waals surface area (Å²) in [6.45, 7) is 3.43. The van der Waals surface area contributed by atoms with Gasteiger partial charge in [-0.2, -0.15) is 0 Å². The summed E-state index contributed by atoms with van der Waals surface area (Å²) in [6.07, 6.45) is 0.897. The minimum atomic E-state index is -1.06. The Morgan fingerprint density at radius 3 is 2.09 bits per heavy atom. The van der Waals surface area contributed by atoms with E-state index in [2.05, 4.69) is 17.4 Å². The molecule has 0 bridgehead atoms. The van der Waals surface area contributed by atoms with Gasteiger partial charge >= 0.3 is 12.1 Å². The van der Waals surface area contributed by atoms with Crippen molar-refractivity contribution in [2.75, 3.05) is 13.2 Å². The van der Waals surface area contributed by atoms with Crippen LogP contribution in [-0.4, -0.2) is 53.2 Å². The van der Waals surface area contributed by atoms with E-state index in [4.69, 9.17) is 4.74 Å². The zero-order valence-corrected chi connectivity index (χ0v) is 18.3. The number of carboxylic acid groups (broad SMARTS) is 1. The summed E-state index contributed by atoms with van der Waals surface area (Å²) in [5, 5.41) is 11.9. The number of hydrogen-bond acceptors (Lipinski definition) is 4. The van der Waals surface area contributed by atoms with Gasteiger partial charge in [-0.05, 0) is 41.0 Å². The number of carbonyl (C=O) groups excluding carboxylic acids is 2. The normalized spacial score (nSPS) is 15.6. The molecule has 2 amide bonds. The van der Waals surface area contributed by atoms with E-state index in [9.17, 15) is 19.5 Å². The van der Waals surface area contributed by atoms with Crippen LogP contribution >= 0.6 is 0 Å². The lowest BCUT2D eigenvalue weighted by molar-refractivity contribution is -0.146. The molecule has 2 aliphatic rings. The average Bonchev–Trinajstić information content (AvgIpc) is 3.56. The van der Waals surface area contributed by atoms with Gasteiger partial charge in [0, 0.05) is 12.0 Å². The number of rotatable bonds is 8. The highest BCUT2D eigenvalue weighted by molar-refractivity contribution is 5.89. The first-order valence-electron chi connectivity index (χ1n) is 11.0. The summed E-state index contributed by atoms with van der Waals surface area (Å²) in [6, 6.07) is 15.2. The first-order valence-corrected chi connectivity index (χ1v) is 11.0. The second-order valence-electron chi connectivity index (χ2n) is 8.78. The molecule has 1 saturated carbocycles. The minimum absolute atomic E-state index is 0.0656. The van der Waals surface area contributed by atoms with E-state index in [-0.39, 0.29) is 36.9 Å². The number of alkyl carbamates (subject to hydrolysis) is 1. The predicted molar refractivity (Wildman–Crippen MR) is 119 cm³/mol. The molecule has 0 radical (unpaired) electrons. The Hall–Kier alpha value is -3.35. The Kier molecular flexibility index (Phi) is 6.17. The van der Waals surface area contributed by atoms with E-state index in [1.165, 1.54) is 4.90 Å². The van der Waals surface area contributed by atoms with Crippen molar-refractivity contribution < 1.29 is 24.2 Å². The van der Waals surface area contributed by atoms with Gasteiger partial charge < -0.3 is 20.1 Å². The molecule has 2 N–H and O–H groups in total. The highest BCUT2D eigenvalue weighted by atomic mass is 16.5. The van der Waals surface area contributed by atoms with Crippen molar-refractivity contribution in [3.05, 3.63) is 59.7 Å². The lowest BCUT2D eigenvalue weighted by Crippen LogP contribution is -2.53. The van der Waals surface area contributed by atoms with Crippen molar-refractivity contribution in [2.24, 2.45) is 5.92 Å². The molecule has 0 saturated heterocycles. The molecule has 2 aromatic rings. The zero-order valence-electron chi connectivity index (χ0n) is 18.3. The molecule has 32 heavy (non-hydrogen) atoms. The van der Waals surface area contributed by atoms with E-state index in [1.54, 1.807) is 0 Å². The van der Waals surface area contributed by atoms with E-state index in [0.29, 0.717) is 0 Å². The van der Waals surface area contributed by atoms with Crippen LogP contribution in [0.2, 0.25) is 0 Å². The molecule has 0 heterocycles. The number of aliphatic carboxylic acids is 1. The predicted octanol–water partition coefficient (Wildman–Crippen LogP) is 3.63. The van der Waals surface area contributed by atoms with Crippen molar-refractivity contribution in [1.29, 1.82) is 0 Å². The molecule has 0 aromatic heterocycles. The molecule has 2 aromatic carbocycles. The van der Waals surface area contributed by atoms with Crippen LogP contribution in [0, 0.1) is 5.92 Å². The first-order chi connectivity index (χ1) is 15.4. The van der Waals surface area contributed by atoms with Gasteiger partial charge in [0.25, 0.3) is 0 Å². The highest BCUT2D eigenvalue weighted by Crippen LogP contribution is 2.44. The highest BCUT2D eigenvalue weighted by Gasteiger charge is 2.39. The van der Waals surface area contributed by atoms with E-state index in [1.807, 2.05) is 50.2 Å². The molecule has 7 nitrogen and oxygen atoms in total. The van der Waals surface area contributed by atoms with Crippen molar-refractivity contribution >= 4 is 18.0 Å². The number of benzene rings is 2. The number of nitrogens with zero attached hydrogens (tertiary/aromatic N) is 1. The maximum atomic E-state index is 13.0. The Morgan fingerprint density at radius 2 is 1.59 bits per heavy atom. The second kappa shape index (κ2) is 9.02. The summed E-state index contributed by atoms with van der Waals surface area (Å²) >= 11 is 0. The smallest absolute Gasteiger partial charge is 0.407 e. The van der Waals surface area contributed by atoms with Gasteiger partial charge in [-0.15, -0.1) is 0 Å². The summed E-state index contributed by atoms with van der Waals surface area (Å²) in [5.74, 6) is -1.72. The lowest BCUT2D eigenvalue weighted by Gasteiger charge is -2.28. The largest absolute Gasteiger partial charge is 0.480 e. The summed E-state index contributed by atoms with van der Waals surface area (Å²) in [5.41, 5.74) is 4.50. The summed E-state index contributed by atoms with van der Waals surface area (Å²) < 4.78 is 5.57. The van der Waals surface area contributed by atoms with Gasteiger partial charge in [0.2, 0.25) is 5.91 Å². The number of carboxylic acids is 1. The van der Waals surface area contributed by atoms with Gasteiger partial charge in [0.1, 0.15) is 19.2 Å². The standard InChI is InChI=1S/C25H28N2O5/c1-15(2)23(24(30)27(13-22(28)29)16-11-12-16)26-25(31)32-14-21-19-9-5-3-7-17(19)18-8-4-6-10-20(18)21/h3-10,15-16,21,23H,11-14H2,1-2H3,(H,26,31)(H,28,29)/t23-/m0/s1. The Bertz CT molecular complexity index is 985. The molecule has 0 spiro atoms. The quantitative estimate of drug-likeness (QED) is 0.659. The Labute approximate surface area is 187 Å². The van der Waals surface area contributed by atoms with Crippen LogP contribution in [-0.2, 0) is 14.3 Å². The summed E-state index contributed by atoms with van der Waals surface area (Å²) in [4.78, 5) is 38.2. The van der Waals surface area contributed by atoms with Gasteiger partial charge in [0.05, 0.1) is 0 Å². The van der Waals surface area contributed by atoms with E-state index in [0.717, 1.165) is 35.1 Å². The van der Waals surface area contributed by atoms with Gasteiger partial charge in [-0.3, -0.25) is 9.59 Å². The van der Waals surface area contributed by atoms with Crippen LogP contribution in [0.1, 0.15) is 43.7 Å². The van der Waals surface area contributed by atoms with Crippen LogP contribution in [0.15, 0.2) is 48.5 Å². The maximum absolute atomic E-state index is 13.0. The monoisotopic (exact) mass is 436 g/mol. The van der Waals surface area contributed by atoms with Crippen LogP contribution in [0.25, 0.3) is 11.1 Å². The third-order valence-electron chi connectivity index (χ3n) is 6.13. The minimum Gasteiger partial charge on any atom is -0.480 e. The number of nitrogens with one attached hydrogen (secondary N) is 1. The van der Waals surface area contributed by atoms with Crippen LogP contribution < -0.4 is 5.32 Å². The number of fused-ring (bicyclic) bond motifs is 3. The summed E-state index contributed by atoms with van der Waals surface area (Å²) in [7, 11) is 0. The fraction of sp³-hybridized carbons (Fsp3) is 0.400. The Balaban J connectivity index is 1.43. The lowest BCUT2D eigenvalue weighted by atomic mass is 9.98. The van der Waals surface area contributed by atoms with Crippen molar-refractivity contribution in [1.82, 2.24) is 10.2 Å². The van der Waals surface area contributed by atoms with Crippen LogP contribution in [0.5, 0.6) is 0 Å². The fourth-order valence-electron chi connectivity index (χ4n) is 4.38. The fourth-order valence-corrected chi connectivity index (χ4v) is 4.38. The molecular formula is C25H28N2O5. The molecule has 1 atom stereocenters. The van der Waals surface area contributed by atoms with E-state index < -0.39 is 18.1 Å². The van der Waals surface area contributed by atoms with Gasteiger partial charge in [0.15, 0.2) is 0 Å². The number of carbonyl (C=O) groups is 3. The molecule has 0 unspecified atom stereocenters. The third-order valence-corrected chi connectivity index (χ3v) is 6.13. The molecule has 4 rings (SSSR count). The number of ether oxygens (including phenoxy) is 1. The molecule has 168 valence electrons. The van der Waals surface area contributed by atoms with Gasteiger partial charge in [-0.25, -0.2) is 4.79 Å². The molecule has 2 aliphatic carbocycles. The Morgan fingerprint density at radius 1 is 1.03 bits per heavy atom. The maximum Gasteiger partial charge on any atom is 0.407 e. The van der Waals surface area contributed by atoms with Crippen molar-refractivity contribution in [3.63, 3.8) is 0 Å². The first kappa shape index (κ1) is 21.9. The topological polar surface area (TPSA) is 95.9 Å². The molecular weight excluding hydrogens is 408 g/mol. The zero-order chi connectivity index (χ0) is 22.8. The van der Waals surface area contributed by atoms with Crippen LogP contribution in [0.3, 0.4) is 0 Å². The number of amides is 2. The molecule has 7 heteroatoms. The molecule has 1 fully saturated rings. The van der Waals surface area contributed by atoms with Crippen molar-refractivity contribution in [3.8, 4) is 11.1 Å². The van der Waals surface area contributed by atoms with Gasteiger partial charge in [-0.1, -0.05) is 62.4 Å². The van der Waals surface area contributed by atoms with E-state index >= 15 is 0 Å². The third kappa shape index (κ3) is 4.47. The molecule has 0 aliphatic heterocycles.